The molecule has 1 aliphatic rings. The molecule has 23 heavy (non-hydrogen) atoms. The maximum Gasteiger partial charge on any atom is 0.219 e. The average molecular weight is 420 g/mol. The predicted octanol–water partition coefficient (Wildman–Crippen LogP) is 4.38. The second kappa shape index (κ2) is 7.34. The standard InChI is InChI=1S/C19H21IN2O/c1-14(23)22-12-10-17(11-13-22)21-19-5-3-2-4-18(19)15-6-8-16(20)9-7-15/h2-9,17,21H,10-13H2,1H3. The van der Waals surface area contributed by atoms with E-state index in [2.05, 4.69) is 76.4 Å². The van der Waals surface area contributed by atoms with E-state index in [0.29, 0.717) is 6.04 Å². The molecule has 2 aromatic carbocycles. The number of anilines is 1. The molecular formula is C19H21IN2O. The van der Waals surface area contributed by atoms with E-state index in [0.717, 1.165) is 25.9 Å². The molecule has 3 rings (SSSR count). The van der Waals surface area contributed by atoms with Gasteiger partial charge in [-0.25, -0.2) is 0 Å². The van der Waals surface area contributed by atoms with Crippen LogP contribution in [0.4, 0.5) is 5.69 Å². The number of benzene rings is 2. The number of amides is 1. The van der Waals surface area contributed by atoms with Crippen molar-refractivity contribution in [3.05, 3.63) is 52.1 Å². The van der Waals surface area contributed by atoms with Crippen molar-refractivity contribution in [3.63, 3.8) is 0 Å². The van der Waals surface area contributed by atoms with E-state index in [1.807, 2.05) is 4.90 Å². The Kier molecular flexibility index (Phi) is 5.20. The van der Waals surface area contributed by atoms with Gasteiger partial charge in [-0.2, -0.15) is 0 Å². The van der Waals surface area contributed by atoms with Gasteiger partial charge in [0.1, 0.15) is 0 Å². The van der Waals surface area contributed by atoms with Crippen molar-refractivity contribution in [2.75, 3.05) is 18.4 Å². The molecule has 2 aromatic rings. The Hall–Kier alpha value is -1.56. The van der Waals surface area contributed by atoms with Crippen LogP contribution in [0.5, 0.6) is 0 Å². The number of hydrogen-bond acceptors (Lipinski definition) is 2. The Morgan fingerprint density at radius 3 is 2.39 bits per heavy atom. The first-order valence-corrected chi connectivity index (χ1v) is 9.08. The first-order chi connectivity index (χ1) is 11.1. The maximum atomic E-state index is 11.4. The van der Waals surface area contributed by atoms with Gasteiger partial charge < -0.3 is 10.2 Å². The van der Waals surface area contributed by atoms with Crippen molar-refractivity contribution in [1.82, 2.24) is 4.90 Å². The van der Waals surface area contributed by atoms with E-state index in [1.54, 1.807) is 6.92 Å². The summed E-state index contributed by atoms with van der Waals surface area (Å²) in [6.45, 7) is 3.34. The van der Waals surface area contributed by atoms with Crippen molar-refractivity contribution in [2.45, 2.75) is 25.8 Å². The summed E-state index contributed by atoms with van der Waals surface area (Å²) in [5, 5.41) is 3.68. The number of hydrogen-bond donors (Lipinski definition) is 1. The van der Waals surface area contributed by atoms with Crippen LogP contribution >= 0.6 is 22.6 Å². The number of piperidine rings is 1. The van der Waals surface area contributed by atoms with Gasteiger partial charge in [-0.3, -0.25) is 4.79 Å². The molecule has 0 atom stereocenters. The number of carbonyl (C=O) groups is 1. The molecule has 1 N–H and O–H groups in total. The minimum absolute atomic E-state index is 0.183. The Balaban J connectivity index is 1.74. The molecule has 1 amide bonds. The van der Waals surface area contributed by atoms with Crippen molar-refractivity contribution in [3.8, 4) is 11.1 Å². The summed E-state index contributed by atoms with van der Waals surface area (Å²) in [4.78, 5) is 13.4. The van der Waals surface area contributed by atoms with Gasteiger partial charge in [0, 0.05) is 40.9 Å². The van der Waals surface area contributed by atoms with Crippen LogP contribution in [0.25, 0.3) is 11.1 Å². The van der Waals surface area contributed by atoms with E-state index < -0.39 is 0 Å². The van der Waals surface area contributed by atoms with E-state index in [9.17, 15) is 4.79 Å². The normalized spacial score (nSPS) is 15.5. The fourth-order valence-electron chi connectivity index (χ4n) is 3.05. The predicted molar refractivity (Wildman–Crippen MR) is 103 cm³/mol. The summed E-state index contributed by atoms with van der Waals surface area (Å²) in [5.41, 5.74) is 3.64. The van der Waals surface area contributed by atoms with Crippen LogP contribution in [0.2, 0.25) is 0 Å². The zero-order valence-electron chi connectivity index (χ0n) is 13.3. The summed E-state index contributed by atoms with van der Waals surface area (Å²) in [6, 6.07) is 17.5. The lowest BCUT2D eigenvalue weighted by molar-refractivity contribution is -0.129. The summed E-state index contributed by atoms with van der Waals surface area (Å²) < 4.78 is 1.24. The van der Waals surface area contributed by atoms with Gasteiger partial charge in [0.2, 0.25) is 5.91 Å². The number of nitrogens with zero attached hydrogens (tertiary/aromatic N) is 1. The lowest BCUT2D eigenvalue weighted by atomic mass is 10.0. The largest absolute Gasteiger partial charge is 0.382 e. The zero-order valence-corrected chi connectivity index (χ0v) is 15.4. The molecule has 1 saturated heterocycles. The maximum absolute atomic E-state index is 11.4. The SMILES string of the molecule is CC(=O)N1CCC(Nc2ccccc2-c2ccc(I)cc2)CC1. The fraction of sp³-hybridized carbons (Fsp3) is 0.316. The van der Waals surface area contributed by atoms with Gasteiger partial charge >= 0.3 is 0 Å². The molecule has 1 heterocycles. The highest BCUT2D eigenvalue weighted by atomic mass is 127. The van der Waals surface area contributed by atoms with Crippen LogP contribution in [-0.4, -0.2) is 29.9 Å². The van der Waals surface area contributed by atoms with Crippen molar-refractivity contribution in [2.24, 2.45) is 0 Å². The highest BCUT2D eigenvalue weighted by molar-refractivity contribution is 14.1. The average Bonchev–Trinajstić information content (AvgIpc) is 2.57. The zero-order chi connectivity index (χ0) is 16.2. The van der Waals surface area contributed by atoms with E-state index in [1.165, 1.54) is 20.4 Å². The highest BCUT2D eigenvalue weighted by Gasteiger charge is 2.21. The number of rotatable bonds is 3. The number of para-hydroxylation sites is 1. The summed E-state index contributed by atoms with van der Waals surface area (Å²) in [6.07, 6.45) is 2.00. The smallest absolute Gasteiger partial charge is 0.219 e. The van der Waals surface area contributed by atoms with Gasteiger partial charge in [0.25, 0.3) is 0 Å². The highest BCUT2D eigenvalue weighted by Crippen LogP contribution is 2.30. The molecule has 1 fully saturated rings. The third-order valence-corrected chi connectivity index (χ3v) is 5.10. The van der Waals surface area contributed by atoms with Gasteiger partial charge in [-0.05, 0) is 59.2 Å². The van der Waals surface area contributed by atoms with Crippen LogP contribution in [0.15, 0.2) is 48.5 Å². The summed E-state index contributed by atoms with van der Waals surface area (Å²) in [7, 11) is 0. The molecule has 0 aromatic heterocycles. The Morgan fingerprint density at radius 1 is 1.09 bits per heavy atom. The number of likely N-dealkylation sites (tertiary alicyclic amines) is 1. The van der Waals surface area contributed by atoms with Crippen LogP contribution < -0.4 is 5.32 Å². The minimum Gasteiger partial charge on any atom is -0.382 e. The molecular weight excluding hydrogens is 399 g/mol. The third-order valence-electron chi connectivity index (χ3n) is 4.38. The molecule has 4 heteroatoms. The van der Waals surface area contributed by atoms with Crippen molar-refractivity contribution < 1.29 is 4.79 Å². The Labute approximate surface area is 151 Å². The van der Waals surface area contributed by atoms with Gasteiger partial charge in [0.05, 0.1) is 0 Å². The number of nitrogens with one attached hydrogen (secondary N) is 1. The molecule has 120 valence electrons. The van der Waals surface area contributed by atoms with Crippen molar-refractivity contribution >= 4 is 34.2 Å². The van der Waals surface area contributed by atoms with Gasteiger partial charge in [-0.15, -0.1) is 0 Å². The molecule has 0 bridgehead atoms. The van der Waals surface area contributed by atoms with Crippen molar-refractivity contribution in [1.29, 1.82) is 0 Å². The summed E-state index contributed by atoms with van der Waals surface area (Å²) >= 11 is 2.33. The monoisotopic (exact) mass is 420 g/mol. The van der Waals surface area contributed by atoms with Gasteiger partial charge in [0.15, 0.2) is 0 Å². The van der Waals surface area contributed by atoms with E-state index in [4.69, 9.17) is 0 Å². The Morgan fingerprint density at radius 2 is 1.74 bits per heavy atom. The quantitative estimate of drug-likeness (QED) is 0.748. The van der Waals surface area contributed by atoms with Crippen LogP contribution in [0.3, 0.4) is 0 Å². The second-order valence-electron chi connectivity index (χ2n) is 5.98. The van der Waals surface area contributed by atoms with Crippen LogP contribution in [-0.2, 0) is 4.79 Å². The summed E-state index contributed by atoms with van der Waals surface area (Å²) in [5.74, 6) is 0.183. The topological polar surface area (TPSA) is 32.3 Å². The Bertz CT molecular complexity index is 676. The van der Waals surface area contributed by atoms with E-state index >= 15 is 0 Å². The minimum atomic E-state index is 0.183. The molecule has 0 aliphatic carbocycles. The van der Waals surface area contributed by atoms with Gasteiger partial charge in [-0.1, -0.05) is 30.3 Å². The molecule has 0 radical (unpaired) electrons. The van der Waals surface area contributed by atoms with E-state index in [-0.39, 0.29) is 5.91 Å². The third kappa shape index (κ3) is 4.05. The second-order valence-corrected chi connectivity index (χ2v) is 7.22. The number of halogens is 1. The number of carbonyl (C=O) groups excluding carboxylic acids is 1. The first kappa shape index (κ1) is 16.3. The lowest BCUT2D eigenvalue weighted by Gasteiger charge is -2.32. The molecule has 0 spiro atoms. The van der Waals surface area contributed by atoms with Crippen LogP contribution in [0.1, 0.15) is 19.8 Å². The molecule has 1 aliphatic heterocycles. The fourth-order valence-corrected chi connectivity index (χ4v) is 3.41. The first-order valence-electron chi connectivity index (χ1n) is 8.00. The lowest BCUT2D eigenvalue weighted by Crippen LogP contribution is -2.41. The van der Waals surface area contributed by atoms with Crippen LogP contribution in [0, 0.1) is 3.57 Å². The molecule has 0 saturated carbocycles. The molecule has 0 unspecified atom stereocenters. The molecule has 3 nitrogen and oxygen atoms in total.